The number of carbonyl (C=O) groups excluding carboxylic acids is 1. The molecule has 2 aliphatic heterocycles. The molecule has 3 rings (SSSR count). The van der Waals surface area contributed by atoms with E-state index < -0.39 is 5.82 Å². The number of hydrogen-bond acceptors (Lipinski definition) is 5. The van der Waals surface area contributed by atoms with E-state index in [4.69, 9.17) is 14.6 Å². The highest BCUT2D eigenvalue weighted by Crippen LogP contribution is 2.24. The molecule has 0 bridgehead atoms. The fourth-order valence-electron chi connectivity index (χ4n) is 3.34. The first-order valence-electron chi connectivity index (χ1n) is 8.28. The lowest BCUT2D eigenvalue weighted by molar-refractivity contribution is -0.123. The third kappa shape index (κ3) is 4.43. The van der Waals surface area contributed by atoms with Crippen molar-refractivity contribution in [2.45, 2.75) is 31.0 Å². The number of ether oxygens (including phenoxy) is 2. The summed E-state index contributed by atoms with van der Waals surface area (Å²) in [6.45, 7) is 2.20. The van der Waals surface area contributed by atoms with Crippen molar-refractivity contribution in [2.24, 2.45) is 0 Å². The van der Waals surface area contributed by atoms with Gasteiger partial charge in [0.15, 0.2) is 6.61 Å². The summed E-state index contributed by atoms with van der Waals surface area (Å²) < 4.78 is 24.1. The third-order valence-electron chi connectivity index (χ3n) is 4.47. The van der Waals surface area contributed by atoms with Crippen molar-refractivity contribution in [3.63, 3.8) is 0 Å². The van der Waals surface area contributed by atoms with Gasteiger partial charge in [-0.1, -0.05) is 6.07 Å². The lowest BCUT2D eigenvalue weighted by Crippen LogP contribution is -2.46. The van der Waals surface area contributed by atoms with Crippen LogP contribution in [0.2, 0.25) is 0 Å². The van der Waals surface area contributed by atoms with Gasteiger partial charge in [0.25, 0.3) is 5.91 Å². The Morgan fingerprint density at radius 1 is 1.46 bits per heavy atom. The van der Waals surface area contributed by atoms with Crippen LogP contribution in [0.15, 0.2) is 24.3 Å². The van der Waals surface area contributed by atoms with Crippen LogP contribution < -0.4 is 10.1 Å². The molecule has 0 aliphatic carbocycles. The first kappa shape index (κ1) is 17.1. The minimum Gasteiger partial charge on any atom is -0.484 e. The van der Waals surface area contributed by atoms with E-state index in [2.05, 4.69) is 10.2 Å². The van der Waals surface area contributed by atoms with Crippen molar-refractivity contribution in [3.05, 3.63) is 30.1 Å². The number of morpholine rings is 1. The lowest BCUT2D eigenvalue weighted by atomic mass is 10.1. The number of rotatable bonds is 6. The summed E-state index contributed by atoms with van der Waals surface area (Å²) in [5, 5.41) is 12.0. The molecule has 0 saturated carbocycles. The molecule has 0 spiro atoms. The summed E-state index contributed by atoms with van der Waals surface area (Å²) in [7, 11) is 0. The van der Waals surface area contributed by atoms with E-state index in [0.29, 0.717) is 24.8 Å². The highest BCUT2D eigenvalue weighted by molar-refractivity contribution is 5.77. The molecular formula is C17H23FN2O4. The molecule has 0 unspecified atom stereocenters. The molecule has 1 aromatic rings. The first-order chi connectivity index (χ1) is 11.6. The Morgan fingerprint density at radius 3 is 3.12 bits per heavy atom. The van der Waals surface area contributed by atoms with Crippen LogP contribution in [0.25, 0.3) is 0 Å². The molecule has 2 aliphatic rings. The fraction of sp³-hybridized carbons (Fsp3) is 0.588. The fourth-order valence-corrected chi connectivity index (χ4v) is 3.34. The van der Waals surface area contributed by atoms with Gasteiger partial charge in [0.1, 0.15) is 11.6 Å². The zero-order valence-electron chi connectivity index (χ0n) is 13.5. The van der Waals surface area contributed by atoms with Crippen LogP contribution in [0.5, 0.6) is 5.75 Å². The number of fused-ring (bicyclic) bond motifs is 1. The summed E-state index contributed by atoms with van der Waals surface area (Å²) in [5.41, 5.74) is 0. The average molecular weight is 338 g/mol. The highest BCUT2D eigenvalue weighted by Gasteiger charge is 2.37. The molecule has 2 fully saturated rings. The summed E-state index contributed by atoms with van der Waals surface area (Å²) in [6, 6.07) is 6.12. The number of halogens is 1. The van der Waals surface area contributed by atoms with Crippen molar-refractivity contribution in [1.82, 2.24) is 10.2 Å². The van der Waals surface area contributed by atoms with Crippen LogP contribution in [0.3, 0.4) is 0 Å². The van der Waals surface area contributed by atoms with Gasteiger partial charge in [-0.25, -0.2) is 4.39 Å². The minimum atomic E-state index is -0.391. The summed E-state index contributed by atoms with van der Waals surface area (Å²) in [5.74, 6) is -0.260. The minimum absolute atomic E-state index is 0.0649. The van der Waals surface area contributed by atoms with Gasteiger partial charge in [0.05, 0.1) is 12.7 Å². The molecule has 132 valence electrons. The Kier molecular flexibility index (Phi) is 5.65. The first-order valence-corrected chi connectivity index (χ1v) is 8.28. The molecule has 1 amide bonds. The molecule has 6 nitrogen and oxygen atoms in total. The van der Waals surface area contributed by atoms with Crippen molar-refractivity contribution >= 4 is 5.91 Å². The second-order valence-electron chi connectivity index (χ2n) is 6.32. The predicted octanol–water partition coefficient (Wildman–Crippen LogP) is 0.545. The summed E-state index contributed by atoms with van der Waals surface area (Å²) in [4.78, 5) is 14.3. The van der Waals surface area contributed by atoms with Crippen LogP contribution in [-0.4, -0.2) is 67.0 Å². The molecule has 0 aromatic heterocycles. The van der Waals surface area contributed by atoms with Gasteiger partial charge in [0.2, 0.25) is 0 Å². The van der Waals surface area contributed by atoms with Gasteiger partial charge in [-0.15, -0.1) is 0 Å². The number of aliphatic hydroxyl groups excluding tert-OH is 1. The maximum absolute atomic E-state index is 13.1. The highest BCUT2D eigenvalue weighted by atomic mass is 19.1. The molecule has 7 heteroatoms. The van der Waals surface area contributed by atoms with E-state index in [0.717, 1.165) is 19.5 Å². The van der Waals surface area contributed by atoms with Crippen molar-refractivity contribution in [3.8, 4) is 5.75 Å². The number of nitrogens with zero attached hydrogens (tertiary/aromatic N) is 1. The van der Waals surface area contributed by atoms with Gasteiger partial charge in [-0.3, -0.25) is 9.69 Å². The van der Waals surface area contributed by atoms with Crippen LogP contribution >= 0.6 is 0 Å². The molecular weight excluding hydrogens is 315 g/mol. The Balaban J connectivity index is 1.43. The van der Waals surface area contributed by atoms with Gasteiger partial charge in [-0.2, -0.15) is 0 Å². The quantitative estimate of drug-likeness (QED) is 0.792. The normalized spacial score (nSPS) is 26.8. The van der Waals surface area contributed by atoms with Gasteiger partial charge < -0.3 is 19.9 Å². The zero-order chi connectivity index (χ0) is 16.9. The van der Waals surface area contributed by atoms with E-state index in [1.165, 1.54) is 12.1 Å². The largest absolute Gasteiger partial charge is 0.484 e. The molecule has 2 N–H and O–H groups in total. The summed E-state index contributed by atoms with van der Waals surface area (Å²) in [6.07, 6.45) is 1.55. The number of amides is 1. The van der Waals surface area contributed by atoms with Crippen molar-refractivity contribution in [2.75, 3.05) is 32.9 Å². The molecule has 24 heavy (non-hydrogen) atoms. The Labute approximate surface area is 140 Å². The number of carbonyl (C=O) groups is 1. The number of hydrogen-bond donors (Lipinski definition) is 2. The van der Waals surface area contributed by atoms with Crippen molar-refractivity contribution < 1.29 is 23.8 Å². The van der Waals surface area contributed by atoms with Crippen LogP contribution in [-0.2, 0) is 9.53 Å². The SMILES string of the molecule is O=C(COc1cccc(F)c1)N[C@@H]1C[C@H]2CO[C@@H](CCO)CN2C1. The van der Waals surface area contributed by atoms with Crippen LogP contribution in [0, 0.1) is 5.82 Å². The molecule has 3 atom stereocenters. The Bertz CT molecular complexity index is 571. The molecule has 2 heterocycles. The smallest absolute Gasteiger partial charge is 0.258 e. The van der Waals surface area contributed by atoms with E-state index in [9.17, 15) is 9.18 Å². The monoisotopic (exact) mass is 338 g/mol. The van der Waals surface area contributed by atoms with E-state index >= 15 is 0 Å². The van der Waals surface area contributed by atoms with Gasteiger partial charge in [-0.05, 0) is 25.0 Å². The maximum atomic E-state index is 13.1. The average Bonchev–Trinajstić information content (AvgIpc) is 2.95. The van der Waals surface area contributed by atoms with Crippen LogP contribution in [0.1, 0.15) is 12.8 Å². The summed E-state index contributed by atoms with van der Waals surface area (Å²) >= 11 is 0. The van der Waals surface area contributed by atoms with Gasteiger partial charge >= 0.3 is 0 Å². The molecule has 1 aromatic carbocycles. The van der Waals surface area contributed by atoms with Crippen LogP contribution in [0.4, 0.5) is 4.39 Å². The van der Waals surface area contributed by atoms with E-state index in [1.54, 1.807) is 12.1 Å². The van der Waals surface area contributed by atoms with E-state index in [-0.39, 0.29) is 31.3 Å². The third-order valence-corrected chi connectivity index (χ3v) is 4.47. The Hall–Kier alpha value is -1.70. The molecule has 0 radical (unpaired) electrons. The van der Waals surface area contributed by atoms with Crippen molar-refractivity contribution in [1.29, 1.82) is 0 Å². The molecule has 2 saturated heterocycles. The van der Waals surface area contributed by atoms with E-state index in [1.807, 2.05) is 0 Å². The second-order valence-corrected chi connectivity index (χ2v) is 6.32. The standard InChI is InChI=1S/C17H23FN2O4/c18-12-2-1-3-15(6-12)24-11-17(22)19-13-7-14-10-23-16(4-5-21)9-20(14)8-13/h1-3,6,13-14,16,21H,4-5,7-11H2,(H,19,22)/t13-,14+,16+/m1/s1. The second kappa shape index (κ2) is 7.92. The number of benzene rings is 1. The Morgan fingerprint density at radius 2 is 2.33 bits per heavy atom. The van der Waals surface area contributed by atoms with Gasteiger partial charge in [0, 0.05) is 37.8 Å². The zero-order valence-corrected chi connectivity index (χ0v) is 13.5. The maximum Gasteiger partial charge on any atom is 0.258 e. The number of aliphatic hydroxyl groups is 1. The predicted molar refractivity (Wildman–Crippen MR) is 85.2 cm³/mol. The topological polar surface area (TPSA) is 71.0 Å². The lowest BCUT2D eigenvalue weighted by Gasteiger charge is -2.34. The number of nitrogens with one attached hydrogen (secondary N) is 1.